The molecule has 0 fully saturated rings. The lowest BCUT2D eigenvalue weighted by molar-refractivity contribution is -0.139. The zero-order valence-electron chi connectivity index (χ0n) is 14.1. The molecule has 3 heteroatoms. The van der Waals surface area contributed by atoms with Crippen molar-refractivity contribution >= 4 is 5.97 Å². The van der Waals surface area contributed by atoms with Crippen molar-refractivity contribution in [2.45, 2.75) is 38.8 Å². The second-order valence-electron chi connectivity index (χ2n) is 5.98. The Labute approximate surface area is 138 Å². The average molecular weight is 311 g/mol. The Morgan fingerprint density at radius 1 is 1.04 bits per heavy atom. The van der Waals surface area contributed by atoms with E-state index in [1.165, 1.54) is 18.2 Å². The summed E-state index contributed by atoms with van der Waals surface area (Å²) in [4.78, 5) is 11.4. The summed E-state index contributed by atoms with van der Waals surface area (Å²) in [6.45, 7) is 4.37. The molecule has 0 heterocycles. The lowest BCUT2D eigenvalue weighted by Gasteiger charge is -2.20. The molecular formula is C20H25NO2. The molecule has 0 amide bonds. The van der Waals surface area contributed by atoms with Gasteiger partial charge in [0.2, 0.25) is 0 Å². The highest BCUT2D eigenvalue weighted by atomic mass is 16.5. The Kier molecular flexibility index (Phi) is 6.36. The number of nitrogens with one attached hydrogen (secondary N) is 1. The van der Waals surface area contributed by atoms with Crippen LogP contribution in [0.3, 0.4) is 0 Å². The number of carbonyl (C=O) groups excluding carboxylic acids is 1. The van der Waals surface area contributed by atoms with Crippen molar-refractivity contribution in [2.75, 3.05) is 7.11 Å². The lowest BCUT2D eigenvalue weighted by atomic mass is 10.0. The molecule has 0 saturated heterocycles. The van der Waals surface area contributed by atoms with E-state index in [4.69, 9.17) is 4.74 Å². The summed E-state index contributed by atoms with van der Waals surface area (Å²) in [5.41, 5.74) is 3.52. The van der Waals surface area contributed by atoms with Gasteiger partial charge in [-0.2, -0.15) is 0 Å². The summed E-state index contributed by atoms with van der Waals surface area (Å²) in [6.07, 6.45) is 1.25. The Balaban J connectivity index is 1.93. The molecule has 23 heavy (non-hydrogen) atoms. The van der Waals surface area contributed by atoms with Crippen molar-refractivity contribution in [3.05, 3.63) is 71.3 Å². The van der Waals surface area contributed by atoms with Crippen LogP contribution in [-0.2, 0) is 22.4 Å². The van der Waals surface area contributed by atoms with Gasteiger partial charge in [-0.25, -0.2) is 0 Å². The first-order chi connectivity index (χ1) is 11.1. The summed E-state index contributed by atoms with van der Waals surface area (Å²) >= 11 is 0. The monoisotopic (exact) mass is 311 g/mol. The van der Waals surface area contributed by atoms with Crippen molar-refractivity contribution in [1.82, 2.24) is 5.32 Å². The van der Waals surface area contributed by atoms with Crippen molar-refractivity contribution in [3.8, 4) is 0 Å². The molecule has 122 valence electrons. The quantitative estimate of drug-likeness (QED) is 0.793. The molecule has 3 nitrogen and oxygen atoms in total. The molecular weight excluding hydrogens is 286 g/mol. The maximum Gasteiger partial charge on any atom is 0.309 e. The first-order valence-corrected chi connectivity index (χ1v) is 8.04. The Hall–Kier alpha value is -2.13. The van der Waals surface area contributed by atoms with E-state index in [1.54, 1.807) is 0 Å². The van der Waals surface area contributed by atoms with Gasteiger partial charge in [0.15, 0.2) is 0 Å². The highest BCUT2D eigenvalue weighted by molar-refractivity contribution is 5.72. The van der Waals surface area contributed by atoms with Gasteiger partial charge in [-0.05, 0) is 37.0 Å². The number of hydrogen-bond donors (Lipinski definition) is 1. The Morgan fingerprint density at radius 2 is 1.74 bits per heavy atom. The minimum Gasteiger partial charge on any atom is -0.469 e. The third-order valence-corrected chi connectivity index (χ3v) is 3.94. The van der Waals surface area contributed by atoms with Crippen molar-refractivity contribution in [1.29, 1.82) is 0 Å². The molecule has 2 atom stereocenters. The van der Waals surface area contributed by atoms with E-state index >= 15 is 0 Å². The maximum absolute atomic E-state index is 11.4. The van der Waals surface area contributed by atoms with E-state index in [9.17, 15) is 4.79 Å². The molecule has 2 aromatic rings. The zero-order chi connectivity index (χ0) is 16.7. The van der Waals surface area contributed by atoms with Crippen molar-refractivity contribution in [3.63, 3.8) is 0 Å². The number of methoxy groups -OCH3 is 1. The molecule has 0 saturated carbocycles. The summed E-state index contributed by atoms with van der Waals surface area (Å²) in [5.74, 6) is -0.203. The van der Waals surface area contributed by atoms with Crippen LogP contribution < -0.4 is 5.32 Å². The topological polar surface area (TPSA) is 38.3 Å². The van der Waals surface area contributed by atoms with E-state index in [-0.39, 0.29) is 5.97 Å². The van der Waals surface area contributed by atoms with Crippen LogP contribution in [0.25, 0.3) is 0 Å². The van der Waals surface area contributed by atoms with Crippen LogP contribution in [0.15, 0.2) is 54.6 Å². The highest BCUT2D eigenvalue weighted by Crippen LogP contribution is 2.14. The Morgan fingerprint density at radius 3 is 2.43 bits per heavy atom. The second-order valence-corrected chi connectivity index (χ2v) is 5.98. The molecule has 2 rings (SSSR count). The smallest absolute Gasteiger partial charge is 0.309 e. The first kappa shape index (κ1) is 17.2. The van der Waals surface area contributed by atoms with Crippen LogP contribution in [0.5, 0.6) is 0 Å². The molecule has 0 aliphatic carbocycles. The van der Waals surface area contributed by atoms with Crippen LogP contribution in [0.4, 0.5) is 0 Å². The van der Waals surface area contributed by atoms with Gasteiger partial charge in [-0.15, -0.1) is 0 Å². The second kappa shape index (κ2) is 8.49. The number of ether oxygens (including phenoxy) is 1. The van der Waals surface area contributed by atoms with Crippen LogP contribution in [0.2, 0.25) is 0 Å². The predicted molar refractivity (Wildman–Crippen MR) is 93.3 cm³/mol. The highest BCUT2D eigenvalue weighted by Gasteiger charge is 2.10. The normalized spacial score (nSPS) is 13.3. The van der Waals surface area contributed by atoms with Crippen LogP contribution >= 0.6 is 0 Å². The lowest BCUT2D eigenvalue weighted by Crippen LogP contribution is -2.30. The Bertz CT molecular complexity index is 625. The standard InChI is InChI=1S/C20H25NO2/c1-15(21-16(2)19-10-5-4-6-11-19)12-17-8-7-9-18(13-17)14-20(22)23-3/h4-11,13,15-16,21H,12,14H2,1-3H3/t15-,16-/m0/s1. The summed E-state index contributed by atoms with van der Waals surface area (Å²) in [7, 11) is 1.42. The van der Waals surface area contributed by atoms with Gasteiger partial charge in [0.05, 0.1) is 13.5 Å². The van der Waals surface area contributed by atoms with Crippen LogP contribution in [0, 0.1) is 0 Å². The van der Waals surface area contributed by atoms with Gasteiger partial charge in [0.1, 0.15) is 0 Å². The third-order valence-electron chi connectivity index (χ3n) is 3.94. The largest absolute Gasteiger partial charge is 0.469 e. The maximum atomic E-state index is 11.4. The first-order valence-electron chi connectivity index (χ1n) is 8.04. The summed E-state index contributed by atoms with van der Waals surface area (Å²) < 4.78 is 4.73. The van der Waals surface area contributed by atoms with Gasteiger partial charge in [0.25, 0.3) is 0 Å². The molecule has 0 unspecified atom stereocenters. The SMILES string of the molecule is COC(=O)Cc1cccc(C[C@H](C)N[C@@H](C)c2ccccc2)c1. The van der Waals surface area contributed by atoms with Crippen LogP contribution in [0.1, 0.15) is 36.6 Å². The molecule has 0 radical (unpaired) electrons. The van der Waals surface area contributed by atoms with Gasteiger partial charge >= 0.3 is 5.97 Å². The molecule has 0 spiro atoms. The van der Waals surface area contributed by atoms with E-state index in [0.29, 0.717) is 18.5 Å². The van der Waals surface area contributed by atoms with Gasteiger partial charge in [0, 0.05) is 12.1 Å². The number of benzene rings is 2. The van der Waals surface area contributed by atoms with E-state index in [2.05, 4.69) is 55.6 Å². The molecule has 0 bridgehead atoms. The average Bonchev–Trinajstić information content (AvgIpc) is 2.55. The van der Waals surface area contributed by atoms with Gasteiger partial charge in [-0.3, -0.25) is 4.79 Å². The number of esters is 1. The minimum atomic E-state index is -0.203. The fourth-order valence-corrected chi connectivity index (χ4v) is 2.78. The molecule has 0 aliphatic heterocycles. The number of carbonyl (C=O) groups is 1. The van der Waals surface area contributed by atoms with Gasteiger partial charge < -0.3 is 10.1 Å². The summed E-state index contributed by atoms with van der Waals surface area (Å²) in [6, 6.07) is 19.3. The molecule has 0 aliphatic rings. The summed E-state index contributed by atoms with van der Waals surface area (Å²) in [5, 5.41) is 3.62. The predicted octanol–water partition coefficient (Wildman–Crippen LogP) is 3.68. The minimum absolute atomic E-state index is 0.203. The van der Waals surface area contributed by atoms with E-state index in [0.717, 1.165) is 12.0 Å². The van der Waals surface area contributed by atoms with Gasteiger partial charge in [-0.1, -0.05) is 54.6 Å². The number of rotatable bonds is 7. The number of hydrogen-bond acceptors (Lipinski definition) is 3. The molecule has 2 aromatic carbocycles. The molecule has 0 aromatic heterocycles. The molecule has 1 N–H and O–H groups in total. The van der Waals surface area contributed by atoms with E-state index < -0.39 is 0 Å². The van der Waals surface area contributed by atoms with E-state index in [1.807, 2.05) is 18.2 Å². The zero-order valence-corrected chi connectivity index (χ0v) is 14.1. The van der Waals surface area contributed by atoms with Crippen molar-refractivity contribution < 1.29 is 9.53 Å². The fraction of sp³-hybridized carbons (Fsp3) is 0.350. The fourth-order valence-electron chi connectivity index (χ4n) is 2.78. The third kappa shape index (κ3) is 5.53. The van der Waals surface area contributed by atoms with Crippen molar-refractivity contribution in [2.24, 2.45) is 0 Å². The van der Waals surface area contributed by atoms with Crippen LogP contribution in [-0.4, -0.2) is 19.1 Å².